The highest BCUT2D eigenvalue weighted by atomic mass is 32.1. The van der Waals surface area contributed by atoms with Gasteiger partial charge in [0.05, 0.1) is 4.88 Å². The zero-order chi connectivity index (χ0) is 27.6. The first-order valence-electron chi connectivity index (χ1n) is 12.2. The monoisotopic (exact) mass is 558 g/mol. The highest BCUT2D eigenvalue weighted by Crippen LogP contribution is 2.41. The number of halogens is 3. The fourth-order valence-corrected chi connectivity index (χ4v) is 5.56. The van der Waals surface area contributed by atoms with Crippen molar-refractivity contribution < 1.29 is 23.1 Å². The van der Waals surface area contributed by atoms with Gasteiger partial charge in [0.25, 0.3) is 0 Å². The predicted octanol–water partition coefficient (Wildman–Crippen LogP) is 4.21. The van der Waals surface area contributed by atoms with Crippen LogP contribution in [-0.2, 0) is 23.1 Å². The van der Waals surface area contributed by atoms with E-state index in [1.165, 1.54) is 28.7 Å². The number of hydrogen-bond donors (Lipinski definition) is 3. The molecule has 0 saturated heterocycles. The number of carbonyl (C=O) groups excluding carboxylic acids is 1. The zero-order valence-corrected chi connectivity index (χ0v) is 21.6. The van der Waals surface area contributed by atoms with Crippen molar-refractivity contribution in [3.05, 3.63) is 65.6 Å². The summed E-state index contributed by atoms with van der Waals surface area (Å²) in [5, 5.41) is 21.7. The number of alkyl halides is 3. The summed E-state index contributed by atoms with van der Waals surface area (Å²) in [5.41, 5.74) is 0.0637. The maximum Gasteiger partial charge on any atom is 0.433 e. The molecule has 5 rings (SSSR count). The first-order valence-corrected chi connectivity index (χ1v) is 13.0. The molecule has 1 aliphatic carbocycles. The average Bonchev–Trinajstić information content (AvgIpc) is 3.58. The molecule has 0 unspecified atom stereocenters. The molecule has 1 aromatic carbocycles. The second-order valence-corrected chi connectivity index (χ2v) is 10.5. The van der Waals surface area contributed by atoms with Crippen LogP contribution in [0.3, 0.4) is 0 Å². The largest absolute Gasteiger partial charge is 0.433 e. The number of aliphatic hydroxyl groups is 1. The molecule has 14 heteroatoms. The molecule has 0 atom stereocenters. The summed E-state index contributed by atoms with van der Waals surface area (Å²) in [6, 6.07) is 6.25. The summed E-state index contributed by atoms with van der Waals surface area (Å²) in [6.45, 7) is 1.96. The van der Waals surface area contributed by atoms with Crippen LogP contribution < -0.4 is 10.6 Å². The summed E-state index contributed by atoms with van der Waals surface area (Å²) in [5.74, 6) is -0.322. The van der Waals surface area contributed by atoms with Crippen LogP contribution in [0.4, 0.5) is 24.8 Å². The Morgan fingerprint density at radius 1 is 1.23 bits per heavy atom. The number of anilines is 2. The molecule has 0 bridgehead atoms. The number of thiazole rings is 1. The lowest BCUT2D eigenvalue weighted by molar-refractivity contribution is -0.141. The maximum absolute atomic E-state index is 13.0. The summed E-state index contributed by atoms with van der Waals surface area (Å²) < 4.78 is 40.5. The van der Waals surface area contributed by atoms with Crippen molar-refractivity contribution in [2.75, 3.05) is 5.32 Å². The van der Waals surface area contributed by atoms with Crippen LogP contribution in [0.25, 0.3) is 10.4 Å². The van der Waals surface area contributed by atoms with Crippen LogP contribution in [0.5, 0.6) is 0 Å². The second kappa shape index (κ2) is 10.7. The van der Waals surface area contributed by atoms with E-state index >= 15 is 0 Å². The normalized spacial score (nSPS) is 19.6. The van der Waals surface area contributed by atoms with E-state index in [2.05, 4.69) is 35.7 Å². The van der Waals surface area contributed by atoms with Gasteiger partial charge in [-0.2, -0.15) is 18.3 Å². The highest BCUT2D eigenvalue weighted by Gasteiger charge is 2.38. The van der Waals surface area contributed by atoms with Gasteiger partial charge in [-0.25, -0.2) is 24.6 Å². The van der Waals surface area contributed by atoms with Crippen molar-refractivity contribution in [3.63, 3.8) is 0 Å². The Morgan fingerprint density at radius 2 is 2.03 bits per heavy atom. The topological polar surface area (TPSA) is 131 Å². The lowest BCUT2D eigenvalue weighted by atomic mass is 9.82. The number of hydrogen-bond acceptors (Lipinski definition) is 9. The number of nitrogens with zero attached hydrogens (tertiary/aromatic N) is 6. The van der Waals surface area contributed by atoms with Crippen LogP contribution in [0.2, 0.25) is 0 Å². The summed E-state index contributed by atoms with van der Waals surface area (Å²) in [6.07, 6.45) is 3.11. The molecule has 3 heterocycles. The molecule has 1 amide bonds. The first-order chi connectivity index (χ1) is 18.6. The van der Waals surface area contributed by atoms with Gasteiger partial charge in [0.15, 0.2) is 0 Å². The minimum atomic E-state index is -4.57. The quantitative estimate of drug-likeness (QED) is 0.308. The molecule has 3 N–H and O–H groups in total. The third kappa shape index (κ3) is 6.40. The van der Waals surface area contributed by atoms with E-state index < -0.39 is 17.5 Å². The first kappa shape index (κ1) is 26.7. The van der Waals surface area contributed by atoms with Crippen LogP contribution >= 0.6 is 11.3 Å². The minimum absolute atomic E-state index is 0.0517. The van der Waals surface area contributed by atoms with Gasteiger partial charge < -0.3 is 15.7 Å². The minimum Gasteiger partial charge on any atom is -0.383 e. The molecule has 39 heavy (non-hydrogen) atoms. The van der Waals surface area contributed by atoms with Crippen molar-refractivity contribution in [1.82, 2.24) is 35.0 Å². The summed E-state index contributed by atoms with van der Waals surface area (Å²) in [7, 11) is 0. The SMILES string of the molecule is Cc1cc(Nc2nccc(C(F)(F)F)n2)cc(-c2cnc([C@]3(O)CC[C@@H](NC(=O)Cn4cncn4)CC3)s2)c1. The Kier molecular flexibility index (Phi) is 7.32. The van der Waals surface area contributed by atoms with Crippen LogP contribution in [0.15, 0.2) is 49.3 Å². The van der Waals surface area contributed by atoms with Gasteiger partial charge in [-0.1, -0.05) is 6.07 Å². The molecule has 0 radical (unpaired) electrons. The van der Waals surface area contributed by atoms with E-state index in [1.54, 1.807) is 18.3 Å². The van der Waals surface area contributed by atoms with E-state index in [1.807, 2.05) is 13.0 Å². The molecule has 1 fully saturated rings. The van der Waals surface area contributed by atoms with Crippen molar-refractivity contribution in [2.45, 2.75) is 57.0 Å². The third-order valence-electron chi connectivity index (χ3n) is 6.42. The van der Waals surface area contributed by atoms with Crippen LogP contribution in [0.1, 0.15) is 41.9 Å². The Hall–Kier alpha value is -3.91. The van der Waals surface area contributed by atoms with Gasteiger partial charge in [0.1, 0.15) is 35.5 Å². The molecule has 204 valence electrons. The zero-order valence-electron chi connectivity index (χ0n) is 20.8. The Bertz CT molecular complexity index is 1450. The van der Waals surface area contributed by atoms with Crippen molar-refractivity contribution >= 4 is 28.9 Å². The van der Waals surface area contributed by atoms with Gasteiger partial charge in [-0.3, -0.25) is 4.79 Å². The van der Waals surface area contributed by atoms with Gasteiger partial charge in [-0.05, 0) is 61.9 Å². The fourth-order valence-electron chi connectivity index (χ4n) is 4.51. The summed E-state index contributed by atoms with van der Waals surface area (Å²) in [4.78, 5) is 28.9. The maximum atomic E-state index is 13.0. The molecule has 1 saturated carbocycles. The van der Waals surface area contributed by atoms with E-state index in [9.17, 15) is 23.1 Å². The molecule has 3 aromatic heterocycles. The lowest BCUT2D eigenvalue weighted by Gasteiger charge is -2.34. The van der Waals surface area contributed by atoms with Gasteiger partial charge in [-0.15, -0.1) is 11.3 Å². The molecular formula is C25H25F3N8O2S. The third-order valence-corrected chi connectivity index (χ3v) is 7.66. The molecule has 10 nitrogen and oxygen atoms in total. The summed E-state index contributed by atoms with van der Waals surface area (Å²) >= 11 is 1.36. The molecule has 0 aliphatic heterocycles. The Labute approximate surface area is 225 Å². The molecule has 1 aliphatic rings. The van der Waals surface area contributed by atoms with Crippen LogP contribution in [-0.4, -0.2) is 46.8 Å². The number of rotatable bonds is 7. The average molecular weight is 559 g/mol. The number of aryl methyl sites for hydroxylation is 1. The van der Waals surface area contributed by atoms with E-state index in [0.29, 0.717) is 36.4 Å². The Morgan fingerprint density at radius 3 is 2.74 bits per heavy atom. The van der Waals surface area contributed by atoms with Crippen LogP contribution in [0, 0.1) is 6.92 Å². The molecule has 0 spiro atoms. The molecule has 4 aromatic rings. The second-order valence-electron chi connectivity index (χ2n) is 9.47. The number of nitrogens with one attached hydrogen (secondary N) is 2. The van der Waals surface area contributed by atoms with Gasteiger partial charge in [0.2, 0.25) is 11.9 Å². The van der Waals surface area contributed by atoms with Crippen molar-refractivity contribution in [2.24, 2.45) is 0 Å². The van der Waals surface area contributed by atoms with E-state index in [0.717, 1.165) is 28.3 Å². The van der Waals surface area contributed by atoms with Gasteiger partial charge in [0, 0.05) is 24.1 Å². The van der Waals surface area contributed by atoms with E-state index in [-0.39, 0.29) is 24.4 Å². The fraction of sp³-hybridized carbons (Fsp3) is 0.360. The molecular weight excluding hydrogens is 533 g/mol. The van der Waals surface area contributed by atoms with Gasteiger partial charge >= 0.3 is 6.18 Å². The highest BCUT2D eigenvalue weighted by molar-refractivity contribution is 7.15. The lowest BCUT2D eigenvalue weighted by Crippen LogP contribution is -2.43. The number of carbonyl (C=O) groups is 1. The van der Waals surface area contributed by atoms with E-state index in [4.69, 9.17) is 0 Å². The smallest absolute Gasteiger partial charge is 0.383 e. The number of benzene rings is 1. The predicted molar refractivity (Wildman–Crippen MR) is 137 cm³/mol. The number of aromatic nitrogens is 6. The number of amides is 1. The van der Waals surface area contributed by atoms with Crippen molar-refractivity contribution in [1.29, 1.82) is 0 Å². The Balaban J connectivity index is 1.25. The van der Waals surface area contributed by atoms with Crippen molar-refractivity contribution in [3.8, 4) is 10.4 Å². The standard InChI is InChI=1S/C25H25F3N8O2S/c1-15-8-16(10-18(9-15)34-23-30-7-4-20(35-23)25(26,27)28)19-11-31-22(39-19)24(38)5-2-17(3-6-24)33-21(37)12-36-14-29-13-32-36/h4,7-11,13-14,17,38H,2-3,5-6,12H2,1H3,(H,33,37)(H,30,34,35)/t17-,24+.